The Balaban J connectivity index is 1.34. The van der Waals surface area contributed by atoms with Crippen LogP contribution in [0.2, 0.25) is 0 Å². The molecule has 4 aromatic rings. The van der Waals surface area contributed by atoms with E-state index in [4.69, 9.17) is 18.9 Å². The third-order valence-corrected chi connectivity index (χ3v) is 6.25. The first-order valence-corrected chi connectivity index (χ1v) is 13.8. The van der Waals surface area contributed by atoms with Crippen molar-refractivity contribution in [2.45, 2.75) is 13.8 Å². The van der Waals surface area contributed by atoms with Crippen molar-refractivity contribution in [3.8, 4) is 33.8 Å². The molecule has 0 aliphatic carbocycles. The van der Waals surface area contributed by atoms with E-state index in [9.17, 15) is 14.4 Å². The maximum Gasteiger partial charge on any atom is 0.333 e. The van der Waals surface area contributed by atoms with Gasteiger partial charge in [0.15, 0.2) is 5.78 Å². The Morgan fingerprint density at radius 1 is 0.568 bits per heavy atom. The van der Waals surface area contributed by atoms with Crippen LogP contribution >= 0.6 is 0 Å². The first-order valence-electron chi connectivity index (χ1n) is 13.8. The molecule has 224 valence electrons. The van der Waals surface area contributed by atoms with Gasteiger partial charge >= 0.3 is 11.9 Å². The van der Waals surface area contributed by atoms with E-state index in [1.54, 1.807) is 62.9 Å². The largest absolute Gasteiger partial charge is 0.488 e. The van der Waals surface area contributed by atoms with Gasteiger partial charge in [-0.2, -0.15) is 0 Å². The second kappa shape index (κ2) is 15.1. The molecule has 4 rings (SSSR count). The highest BCUT2D eigenvalue weighted by atomic mass is 16.6. The number of esters is 2. The van der Waals surface area contributed by atoms with Crippen LogP contribution in [0.5, 0.6) is 11.5 Å². The number of aromatic nitrogens is 2. The predicted molar refractivity (Wildman–Crippen MR) is 165 cm³/mol. The van der Waals surface area contributed by atoms with Crippen LogP contribution in [0.25, 0.3) is 22.3 Å². The van der Waals surface area contributed by atoms with Crippen molar-refractivity contribution in [1.29, 1.82) is 0 Å². The molecule has 0 spiro atoms. The highest BCUT2D eigenvalue weighted by Gasteiger charge is 2.11. The van der Waals surface area contributed by atoms with Gasteiger partial charge in [0.1, 0.15) is 37.9 Å². The van der Waals surface area contributed by atoms with Crippen molar-refractivity contribution in [1.82, 2.24) is 9.97 Å². The second-order valence-corrected chi connectivity index (χ2v) is 9.83. The topological polar surface area (TPSA) is 114 Å². The highest BCUT2D eigenvalue weighted by Crippen LogP contribution is 2.26. The molecule has 0 saturated carbocycles. The van der Waals surface area contributed by atoms with Gasteiger partial charge in [-0.3, -0.25) is 14.8 Å². The van der Waals surface area contributed by atoms with E-state index >= 15 is 0 Å². The molecule has 44 heavy (non-hydrogen) atoms. The summed E-state index contributed by atoms with van der Waals surface area (Å²) in [6, 6.07) is 18.2. The van der Waals surface area contributed by atoms with Gasteiger partial charge < -0.3 is 18.9 Å². The molecule has 0 fully saturated rings. The zero-order valence-corrected chi connectivity index (χ0v) is 24.6. The number of ketones is 1. The van der Waals surface area contributed by atoms with Crippen molar-refractivity contribution < 1.29 is 33.3 Å². The fourth-order valence-electron chi connectivity index (χ4n) is 3.94. The normalized spacial score (nSPS) is 10.4. The van der Waals surface area contributed by atoms with Gasteiger partial charge in [-0.25, -0.2) is 9.59 Å². The standard InChI is InChI=1S/C35H32N2O7/c1-23(2)34(39)43-15-13-41-31-17-29(19-36-21-31)25-5-9-27(10-6-25)33(38)28-11-7-26(8-12-28)30-18-32(22-37-20-30)42-14-16-44-35(40)24(3)4/h5-12,17-22H,1,3,13-16H2,2,4H3. The van der Waals surface area contributed by atoms with Gasteiger partial charge in [0.05, 0.1) is 12.4 Å². The molecule has 2 aromatic heterocycles. The Morgan fingerprint density at radius 3 is 1.32 bits per heavy atom. The summed E-state index contributed by atoms with van der Waals surface area (Å²) >= 11 is 0. The van der Waals surface area contributed by atoms with Crippen LogP contribution in [-0.4, -0.2) is 54.1 Å². The number of pyridine rings is 2. The molecule has 0 bridgehead atoms. The SMILES string of the molecule is C=C(C)C(=O)OCCOc1cncc(-c2ccc(C(=O)c3ccc(-c4cncc(OCCOC(=O)C(=C)C)c4)cc3)cc2)c1. The lowest BCUT2D eigenvalue weighted by molar-refractivity contribution is -0.140. The van der Waals surface area contributed by atoms with E-state index < -0.39 is 11.9 Å². The predicted octanol–water partition coefficient (Wildman–Crippen LogP) is 6.04. The highest BCUT2D eigenvalue weighted by molar-refractivity contribution is 6.09. The Morgan fingerprint density at radius 2 is 0.955 bits per heavy atom. The lowest BCUT2D eigenvalue weighted by Gasteiger charge is -2.10. The number of hydrogen-bond acceptors (Lipinski definition) is 9. The summed E-state index contributed by atoms with van der Waals surface area (Å²) in [5, 5.41) is 0. The quantitative estimate of drug-likeness (QED) is 0.0748. The number of carbonyl (C=O) groups is 3. The number of hydrogen-bond donors (Lipinski definition) is 0. The van der Waals surface area contributed by atoms with Crippen molar-refractivity contribution in [3.05, 3.63) is 121 Å². The van der Waals surface area contributed by atoms with E-state index in [1.165, 1.54) is 0 Å². The number of ether oxygens (including phenoxy) is 4. The third kappa shape index (κ3) is 8.72. The minimum atomic E-state index is -0.461. The minimum Gasteiger partial charge on any atom is -0.488 e. The minimum absolute atomic E-state index is 0.0990. The fraction of sp³-hybridized carbons (Fsp3) is 0.171. The van der Waals surface area contributed by atoms with E-state index in [1.807, 2.05) is 36.4 Å². The van der Waals surface area contributed by atoms with Gasteiger partial charge in [-0.1, -0.05) is 61.7 Å². The first kappa shape index (κ1) is 31.4. The van der Waals surface area contributed by atoms with Gasteiger partial charge in [-0.15, -0.1) is 0 Å². The van der Waals surface area contributed by atoms with Crippen LogP contribution in [0.3, 0.4) is 0 Å². The molecule has 0 aliphatic rings. The number of nitrogens with zero attached hydrogens (tertiary/aromatic N) is 2. The molecule has 0 aliphatic heterocycles. The summed E-state index contributed by atoms with van der Waals surface area (Å²) in [7, 11) is 0. The molecule has 0 amide bonds. The first-order chi connectivity index (χ1) is 21.2. The van der Waals surface area contributed by atoms with Gasteiger partial charge in [-0.05, 0) is 37.1 Å². The molecule has 0 unspecified atom stereocenters. The summed E-state index contributed by atoms with van der Waals surface area (Å²) in [5.74, 6) is 0.0349. The van der Waals surface area contributed by atoms with Crippen LogP contribution in [0.1, 0.15) is 29.8 Å². The molecular formula is C35H32N2O7. The van der Waals surface area contributed by atoms with Crippen LogP contribution in [0.15, 0.2) is 110 Å². The lowest BCUT2D eigenvalue weighted by Crippen LogP contribution is -2.12. The molecule has 0 N–H and O–H groups in total. The van der Waals surface area contributed by atoms with Crippen LogP contribution in [0, 0.1) is 0 Å². The molecule has 9 heteroatoms. The fourth-order valence-corrected chi connectivity index (χ4v) is 3.94. The maximum atomic E-state index is 13.2. The van der Waals surface area contributed by atoms with E-state index in [0.717, 1.165) is 22.3 Å². The van der Waals surface area contributed by atoms with Crippen molar-refractivity contribution >= 4 is 17.7 Å². The van der Waals surface area contributed by atoms with Crippen molar-refractivity contribution in [2.24, 2.45) is 0 Å². The number of carbonyl (C=O) groups excluding carboxylic acids is 3. The summed E-state index contributed by atoms with van der Waals surface area (Å²) in [4.78, 5) is 44.6. The average Bonchev–Trinajstić information content (AvgIpc) is 3.05. The summed E-state index contributed by atoms with van der Waals surface area (Å²) in [6.07, 6.45) is 6.57. The zero-order valence-electron chi connectivity index (χ0n) is 24.6. The molecule has 2 heterocycles. The van der Waals surface area contributed by atoms with E-state index in [2.05, 4.69) is 23.1 Å². The molecule has 9 nitrogen and oxygen atoms in total. The van der Waals surface area contributed by atoms with E-state index in [0.29, 0.717) is 33.8 Å². The van der Waals surface area contributed by atoms with Crippen molar-refractivity contribution in [3.63, 3.8) is 0 Å². The molecule has 0 atom stereocenters. The van der Waals surface area contributed by atoms with Gasteiger partial charge in [0.2, 0.25) is 0 Å². The van der Waals surface area contributed by atoms with Gasteiger partial charge in [0, 0.05) is 45.8 Å². The number of benzene rings is 2. The van der Waals surface area contributed by atoms with E-state index in [-0.39, 0.29) is 32.2 Å². The summed E-state index contributed by atoms with van der Waals surface area (Å²) in [5.41, 5.74) is 5.12. The smallest absolute Gasteiger partial charge is 0.333 e. The van der Waals surface area contributed by atoms with Crippen LogP contribution in [-0.2, 0) is 19.1 Å². The van der Waals surface area contributed by atoms with Crippen LogP contribution in [0.4, 0.5) is 0 Å². The summed E-state index contributed by atoms with van der Waals surface area (Å²) in [6.45, 7) is 10.8. The lowest BCUT2D eigenvalue weighted by atomic mass is 9.98. The zero-order chi connectivity index (χ0) is 31.5. The monoisotopic (exact) mass is 592 g/mol. The Bertz CT molecular complexity index is 1540. The third-order valence-electron chi connectivity index (χ3n) is 6.25. The Kier molecular flexibility index (Phi) is 10.7. The number of rotatable bonds is 14. The Labute approximate surface area is 255 Å². The Hall–Kier alpha value is -5.57. The average molecular weight is 593 g/mol. The maximum absolute atomic E-state index is 13.2. The molecule has 2 aromatic carbocycles. The van der Waals surface area contributed by atoms with Crippen molar-refractivity contribution in [2.75, 3.05) is 26.4 Å². The molecule has 0 radical (unpaired) electrons. The second-order valence-electron chi connectivity index (χ2n) is 9.83. The van der Waals surface area contributed by atoms with Gasteiger partial charge in [0.25, 0.3) is 0 Å². The summed E-state index contributed by atoms with van der Waals surface area (Å²) < 4.78 is 21.4. The molecular weight excluding hydrogens is 560 g/mol. The molecule has 0 saturated heterocycles. The van der Waals surface area contributed by atoms with Crippen LogP contribution < -0.4 is 9.47 Å².